The van der Waals surface area contributed by atoms with Crippen molar-refractivity contribution in [3.05, 3.63) is 71.7 Å². The van der Waals surface area contributed by atoms with Gasteiger partial charge in [0.15, 0.2) is 17.2 Å². The van der Waals surface area contributed by atoms with Crippen LogP contribution in [0.15, 0.2) is 53.3 Å². The van der Waals surface area contributed by atoms with Crippen molar-refractivity contribution < 1.29 is 18.7 Å². The molecule has 0 saturated heterocycles. The summed E-state index contributed by atoms with van der Waals surface area (Å²) in [7, 11) is 0. The minimum Gasteiger partial charge on any atom is -0.454 e. The minimum absolute atomic E-state index is 0.250. The van der Waals surface area contributed by atoms with Crippen LogP contribution in [-0.4, -0.2) is 40.2 Å². The molecule has 0 bridgehead atoms. The molecule has 0 spiro atoms. The van der Waals surface area contributed by atoms with Crippen LogP contribution < -0.4 is 14.8 Å². The molecule has 0 radical (unpaired) electrons. The average Bonchev–Trinajstić information content (AvgIpc) is 3.48. The van der Waals surface area contributed by atoms with Gasteiger partial charge in [-0.1, -0.05) is 26.0 Å². The summed E-state index contributed by atoms with van der Waals surface area (Å²) in [5.74, 6) is 2.24. The Morgan fingerprint density at radius 3 is 2.76 bits per heavy atom. The minimum atomic E-state index is -0.250. The van der Waals surface area contributed by atoms with Gasteiger partial charge in [0.2, 0.25) is 12.7 Å². The lowest BCUT2D eigenvalue weighted by Crippen LogP contribution is -2.36. The van der Waals surface area contributed by atoms with E-state index in [0.717, 1.165) is 22.8 Å². The van der Waals surface area contributed by atoms with Gasteiger partial charge in [-0.25, -0.2) is 4.98 Å². The average molecular weight is 451 g/mol. The third-order valence-electron chi connectivity index (χ3n) is 5.88. The van der Waals surface area contributed by atoms with Crippen molar-refractivity contribution in [1.82, 2.24) is 20.2 Å². The Bertz CT molecular complexity index is 1070. The number of aromatic nitrogens is 2. The summed E-state index contributed by atoms with van der Waals surface area (Å²) in [6.07, 6.45) is 3.82. The molecule has 33 heavy (non-hydrogen) atoms. The Morgan fingerprint density at radius 2 is 1.97 bits per heavy atom. The lowest BCUT2D eigenvalue weighted by molar-refractivity contribution is 0.0948. The van der Waals surface area contributed by atoms with Crippen molar-refractivity contribution in [2.45, 2.75) is 46.3 Å². The topological polar surface area (TPSA) is 89.7 Å². The Balaban J connectivity index is 1.37. The van der Waals surface area contributed by atoms with Gasteiger partial charge in [0, 0.05) is 37.4 Å². The van der Waals surface area contributed by atoms with Crippen LogP contribution in [0.1, 0.15) is 48.4 Å². The molecule has 3 heterocycles. The van der Waals surface area contributed by atoms with Gasteiger partial charge in [-0.2, -0.15) is 0 Å². The monoisotopic (exact) mass is 450 g/mol. The molecule has 4 rings (SSSR count). The van der Waals surface area contributed by atoms with E-state index >= 15 is 0 Å². The lowest BCUT2D eigenvalue weighted by atomic mass is 10.0. The van der Waals surface area contributed by atoms with E-state index < -0.39 is 0 Å². The lowest BCUT2D eigenvalue weighted by Gasteiger charge is -2.30. The molecule has 174 valence electrons. The fourth-order valence-electron chi connectivity index (χ4n) is 3.64. The van der Waals surface area contributed by atoms with E-state index in [-0.39, 0.29) is 24.4 Å². The van der Waals surface area contributed by atoms with Crippen molar-refractivity contribution in [3.63, 3.8) is 0 Å². The Labute approximate surface area is 193 Å². The molecule has 1 aromatic carbocycles. The molecule has 1 unspecified atom stereocenters. The van der Waals surface area contributed by atoms with Crippen molar-refractivity contribution in [2.24, 2.45) is 5.92 Å². The van der Waals surface area contributed by atoms with Gasteiger partial charge in [-0.05, 0) is 42.7 Å². The van der Waals surface area contributed by atoms with Crippen LogP contribution >= 0.6 is 0 Å². The maximum absolute atomic E-state index is 12.5. The molecule has 2 aromatic heterocycles. The molecule has 3 aromatic rings. The fourth-order valence-corrected chi connectivity index (χ4v) is 3.64. The zero-order valence-corrected chi connectivity index (χ0v) is 19.3. The van der Waals surface area contributed by atoms with Gasteiger partial charge in [0.25, 0.3) is 5.91 Å². The van der Waals surface area contributed by atoms with Crippen LogP contribution in [0.25, 0.3) is 0 Å². The van der Waals surface area contributed by atoms with E-state index in [1.165, 1.54) is 6.26 Å². The third kappa shape index (κ3) is 5.90. The molecule has 8 nitrogen and oxygen atoms in total. The van der Waals surface area contributed by atoms with E-state index in [2.05, 4.69) is 41.0 Å². The van der Waals surface area contributed by atoms with Crippen LogP contribution in [0, 0.1) is 5.92 Å². The van der Waals surface area contributed by atoms with Crippen molar-refractivity contribution >= 4 is 5.91 Å². The second-order valence-corrected chi connectivity index (χ2v) is 8.53. The number of amides is 1. The summed E-state index contributed by atoms with van der Waals surface area (Å²) in [5, 5.41) is 2.88. The maximum Gasteiger partial charge on any atom is 0.273 e. The molecule has 1 atom stereocenters. The molecular formula is C25H30N4O4. The summed E-state index contributed by atoms with van der Waals surface area (Å²) in [4.78, 5) is 23.5. The van der Waals surface area contributed by atoms with Crippen molar-refractivity contribution in [1.29, 1.82) is 0 Å². The van der Waals surface area contributed by atoms with Gasteiger partial charge >= 0.3 is 0 Å². The predicted molar refractivity (Wildman–Crippen MR) is 123 cm³/mol. The predicted octanol–water partition coefficient (Wildman–Crippen LogP) is 3.82. The summed E-state index contributed by atoms with van der Waals surface area (Å²) in [6, 6.07) is 12.0. The summed E-state index contributed by atoms with van der Waals surface area (Å²) in [6.45, 7) is 8.50. The number of oxazole rings is 1. The first-order valence-corrected chi connectivity index (χ1v) is 11.2. The van der Waals surface area contributed by atoms with Crippen LogP contribution in [0.4, 0.5) is 0 Å². The molecule has 1 aliphatic rings. The molecule has 1 amide bonds. The normalized spacial score (nSPS) is 13.5. The first-order valence-electron chi connectivity index (χ1n) is 11.2. The molecule has 1 aliphatic heterocycles. The van der Waals surface area contributed by atoms with Crippen LogP contribution in [0.5, 0.6) is 11.5 Å². The number of hydrogen-bond acceptors (Lipinski definition) is 7. The largest absolute Gasteiger partial charge is 0.454 e. The van der Waals surface area contributed by atoms with E-state index in [1.54, 1.807) is 6.20 Å². The number of carbonyl (C=O) groups excluding carboxylic acids is 1. The Morgan fingerprint density at radius 1 is 1.12 bits per heavy atom. The summed E-state index contributed by atoms with van der Waals surface area (Å²) >= 11 is 0. The highest BCUT2D eigenvalue weighted by Gasteiger charge is 2.22. The first-order chi connectivity index (χ1) is 16.0. The highest BCUT2D eigenvalue weighted by Crippen LogP contribution is 2.33. The zero-order valence-electron chi connectivity index (χ0n) is 19.3. The quantitative estimate of drug-likeness (QED) is 0.502. The number of carbonyl (C=O) groups is 1. The zero-order chi connectivity index (χ0) is 23.2. The van der Waals surface area contributed by atoms with Gasteiger partial charge in [-0.3, -0.25) is 14.7 Å². The van der Waals surface area contributed by atoms with E-state index in [4.69, 9.17) is 13.9 Å². The summed E-state index contributed by atoms with van der Waals surface area (Å²) < 4.78 is 16.6. The number of nitrogens with one attached hydrogen (secondary N) is 1. The number of rotatable bonds is 10. The number of benzene rings is 1. The second-order valence-electron chi connectivity index (χ2n) is 8.53. The number of hydrogen-bond donors (Lipinski definition) is 1. The standard InChI is InChI=1S/C25H30N4O4/c1-17(2)18(3)29(13-19-7-8-22-23(12-19)33-16-32-22)14-24-28-21(15-31-24)25(30)27-11-9-20-6-4-5-10-26-20/h4-8,10,12,15,17-18H,9,11,13-14,16H2,1-3H3,(H,27,30). The number of ether oxygens (including phenoxy) is 2. The highest BCUT2D eigenvalue weighted by molar-refractivity contribution is 5.91. The Kier molecular flexibility index (Phi) is 7.24. The molecule has 1 N–H and O–H groups in total. The number of nitrogens with zero attached hydrogens (tertiary/aromatic N) is 3. The molecule has 0 fully saturated rings. The van der Waals surface area contributed by atoms with E-state index in [9.17, 15) is 4.79 Å². The third-order valence-corrected chi connectivity index (χ3v) is 5.88. The molecule has 0 aliphatic carbocycles. The van der Waals surface area contributed by atoms with Crippen molar-refractivity contribution in [2.75, 3.05) is 13.3 Å². The molecule has 8 heteroatoms. The summed E-state index contributed by atoms with van der Waals surface area (Å²) in [5.41, 5.74) is 2.33. The van der Waals surface area contributed by atoms with E-state index in [1.807, 2.05) is 36.4 Å². The number of pyridine rings is 1. The van der Waals surface area contributed by atoms with Crippen LogP contribution in [0.2, 0.25) is 0 Å². The fraction of sp³-hybridized carbons (Fsp3) is 0.400. The highest BCUT2D eigenvalue weighted by atomic mass is 16.7. The van der Waals surface area contributed by atoms with E-state index in [0.29, 0.717) is 37.9 Å². The van der Waals surface area contributed by atoms with Crippen LogP contribution in [-0.2, 0) is 19.5 Å². The number of fused-ring (bicyclic) bond motifs is 1. The SMILES string of the molecule is CC(C)C(C)N(Cc1ccc2c(c1)OCO2)Cc1nc(C(=O)NCCc2ccccn2)co1. The first kappa shape index (κ1) is 22.8. The van der Waals surface area contributed by atoms with Gasteiger partial charge in [0.1, 0.15) is 6.26 Å². The van der Waals surface area contributed by atoms with Crippen molar-refractivity contribution in [3.8, 4) is 11.5 Å². The molecular weight excluding hydrogens is 420 g/mol. The Hall–Kier alpha value is -3.39. The van der Waals surface area contributed by atoms with Gasteiger partial charge < -0.3 is 19.2 Å². The smallest absolute Gasteiger partial charge is 0.273 e. The molecule has 0 saturated carbocycles. The van der Waals surface area contributed by atoms with Gasteiger partial charge in [-0.15, -0.1) is 0 Å². The maximum atomic E-state index is 12.5. The van der Waals surface area contributed by atoms with Gasteiger partial charge in [0.05, 0.1) is 6.54 Å². The second kappa shape index (κ2) is 10.5. The van der Waals surface area contributed by atoms with Crippen LogP contribution in [0.3, 0.4) is 0 Å².